The molecule has 1 aromatic heterocycles. The molecule has 1 atom stereocenters. The molecule has 1 aliphatic rings. The second-order valence-corrected chi connectivity index (χ2v) is 7.91. The zero-order chi connectivity index (χ0) is 18.5. The van der Waals surface area contributed by atoms with Crippen LogP contribution in [0.25, 0.3) is 0 Å². The predicted molar refractivity (Wildman–Crippen MR) is 104 cm³/mol. The standard InChI is InChI=1S/C18H23ClN4O2S/c1-12(2)17-21-22-18(23(17)10-13-6-5-9-25-13)26-11-16(24)20-15-8-4-3-7-14(15)19/h3-4,7-8,12-13H,5-6,9-11H2,1-2H3,(H,20,24). The number of anilines is 1. The Kier molecular flexibility index (Phi) is 6.56. The first-order chi connectivity index (χ1) is 12.5. The molecule has 1 saturated heterocycles. The zero-order valence-electron chi connectivity index (χ0n) is 14.9. The van der Waals surface area contributed by atoms with E-state index in [0.717, 1.165) is 37.0 Å². The van der Waals surface area contributed by atoms with Gasteiger partial charge in [0.2, 0.25) is 5.91 Å². The van der Waals surface area contributed by atoms with Crippen LogP contribution in [0.5, 0.6) is 0 Å². The molecule has 2 heterocycles. The largest absolute Gasteiger partial charge is 0.376 e. The van der Waals surface area contributed by atoms with E-state index in [1.165, 1.54) is 11.8 Å². The summed E-state index contributed by atoms with van der Waals surface area (Å²) in [6.45, 7) is 5.73. The molecule has 6 nitrogen and oxygen atoms in total. The van der Waals surface area contributed by atoms with Gasteiger partial charge in [-0.25, -0.2) is 0 Å². The van der Waals surface area contributed by atoms with Crippen molar-refractivity contribution in [1.82, 2.24) is 14.8 Å². The highest BCUT2D eigenvalue weighted by Crippen LogP contribution is 2.25. The van der Waals surface area contributed by atoms with Crippen molar-refractivity contribution in [3.05, 3.63) is 35.1 Å². The topological polar surface area (TPSA) is 69.0 Å². The fraction of sp³-hybridized carbons (Fsp3) is 0.500. The van der Waals surface area contributed by atoms with Crippen LogP contribution in [0.3, 0.4) is 0 Å². The normalized spacial score (nSPS) is 17.0. The highest BCUT2D eigenvalue weighted by molar-refractivity contribution is 7.99. The molecular formula is C18H23ClN4O2S. The average molecular weight is 395 g/mol. The van der Waals surface area contributed by atoms with E-state index < -0.39 is 0 Å². The summed E-state index contributed by atoms with van der Waals surface area (Å²) >= 11 is 7.46. The molecular weight excluding hydrogens is 372 g/mol. The SMILES string of the molecule is CC(C)c1nnc(SCC(=O)Nc2ccccc2Cl)n1CC1CCCO1. The minimum absolute atomic E-state index is 0.124. The maximum absolute atomic E-state index is 12.3. The Bertz CT molecular complexity index is 759. The number of carbonyl (C=O) groups excluding carboxylic acids is 1. The van der Waals surface area contributed by atoms with Gasteiger partial charge in [0.1, 0.15) is 5.82 Å². The van der Waals surface area contributed by atoms with Crippen LogP contribution in [0.2, 0.25) is 5.02 Å². The first-order valence-electron chi connectivity index (χ1n) is 8.76. The maximum Gasteiger partial charge on any atom is 0.234 e. The predicted octanol–water partition coefficient (Wildman–Crippen LogP) is 3.96. The third kappa shape index (κ3) is 4.78. The first-order valence-corrected chi connectivity index (χ1v) is 10.1. The minimum atomic E-state index is -0.124. The third-order valence-electron chi connectivity index (χ3n) is 4.15. The number of carbonyl (C=O) groups is 1. The van der Waals surface area contributed by atoms with Crippen LogP contribution >= 0.6 is 23.4 Å². The van der Waals surface area contributed by atoms with Gasteiger partial charge >= 0.3 is 0 Å². The monoisotopic (exact) mass is 394 g/mol. The number of halogens is 1. The third-order valence-corrected chi connectivity index (χ3v) is 5.45. The van der Waals surface area contributed by atoms with E-state index in [-0.39, 0.29) is 23.7 Å². The molecule has 1 N–H and O–H groups in total. The number of hydrogen-bond donors (Lipinski definition) is 1. The molecule has 2 aromatic rings. The van der Waals surface area contributed by atoms with Gasteiger partial charge in [-0.1, -0.05) is 49.3 Å². The van der Waals surface area contributed by atoms with E-state index in [4.69, 9.17) is 16.3 Å². The van der Waals surface area contributed by atoms with Crippen molar-refractivity contribution in [1.29, 1.82) is 0 Å². The molecule has 140 valence electrons. The number of ether oxygens (including phenoxy) is 1. The van der Waals surface area contributed by atoms with Crippen LogP contribution in [-0.2, 0) is 16.1 Å². The number of aromatic nitrogens is 3. The van der Waals surface area contributed by atoms with Crippen LogP contribution in [0.4, 0.5) is 5.69 Å². The van der Waals surface area contributed by atoms with E-state index >= 15 is 0 Å². The van der Waals surface area contributed by atoms with Gasteiger partial charge in [0, 0.05) is 12.5 Å². The van der Waals surface area contributed by atoms with Gasteiger partial charge in [0.25, 0.3) is 0 Å². The lowest BCUT2D eigenvalue weighted by Crippen LogP contribution is -2.19. The van der Waals surface area contributed by atoms with E-state index in [1.54, 1.807) is 12.1 Å². The Balaban J connectivity index is 1.65. The summed E-state index contributed by atoms with van der Waals surface area (Å²) in [5, 5.41) is 12.7. The Morgan fingerprint density at radius 3 is 2.92 bits per heavy atom. The number of nitrogens with zero attached hydrogens (tertiary/aromatic N) is 3. The van der Waals surface area contributed by atoms with Crippen LogP contribution < -0.4 is 5.32 Å². The van der Waals surface area contributed by atoms with Gasteiger partial charge in [-0.05, 0) is 25.0 Å². The Morgan fingerprint density at radius 2 is 2.23 bits per heavy atom. The van der Waals surface area contributed by atoms with Gasteiger partial charge in [-0.2, -0.15) is 0 Å². The second-order valence-electron chi connectivity index (χ2n) is 6.56. The van der Waals surface area contributed by atoms with Crippen molar-refractivity contribution < 1.29 is 9.53 Å². The molecule has 0 aliphatic carbocycles. The van der Waals surface area contributed by atoms with E-state index in [2.05, 4.69) is 33.9 Å². The Labute approximate surface area is 162 Å². The molecule has 0 spiro atoms. The molecule has 1 aromatic carbocycles. The molecule has 1 amide bonds. The molecule has 0 bridgehead atoms. The van der Waals surface area contributed by atoms with Crippen LogP contribution in [0.1, 0.15) is 38.4 Å². The summed E-state index contributed by atoms with van der Waals surface area (Å²) < 4.78 is 7.85. The summed E-state index contributed by atoms with van der Waals surface area (Å²) in [6.07, 6.45) is 2.33. The highest BCUT2D eigenvalue weighted by Gasteiger charge is 2.22. The van der Waals surface area contributed by atoms with E-state index in [1.807, 2.05) is 12.1 Å². The van der Waals surface area contributed by atoms with Crippen molar-refractivity contribution in [2.45, 2.75) is 50.4 Å². The van der Waals surface area contributed by atoms with Crippen LogP contribution in [0.15, 0.2) is 29.4 Å². The van der Waals surface area contributed by atoms with Crippen molar-refractivity contribution >= 4 is 35.0 Å². The van der Waals surface area contributed by atoms with Gasteiger partial charge in [0.05, 0.1) is 29.1 Å². The second kappa shape index (κ2) is 8.88. The lowest BCUT2D eigenvalue weighted by atomic mass is 10.2. The molecule has 26 heavy (non-hydrogen) atoms. The maximum atomic E-state index is 12.3. The van der Waals surface area contributed by atoms with Gasteiger partial charge in [-0.15, -0.1) is 10.2 Å². The van der Waals surface area contributed by atoms with Gasteiger partial charge in [-0.3, -0.25) is 4.79 Å². The lowest BCUT2D eigenvalue weighted by molar-refractivity contribution is -0.113. The number of nitrogens with one attached hydrogen (secondary N) is 1. The van der Waals surface area contributed by atoms with E-state index in [0.29, 0.717) is 10.7 Å². The summed E-state index contributed by atoms with van der Waals surface area (Å²) in [5.74, 6) is 1.30. The number of para-hydroxylation sites is 1. The number of hydrogen-bond acceptors (Lipinski definition) is 5. The average Bonchev–Trinajstić information content (AvgIpc) is 3.25. The molecule has 0 saturated carbocycles. The molecule has 3 rings (SSSR count). The quantitative estimate of drug-likeness (QED) is 0.719. The summed E-state index contributed by atoms with van der Waals surface area (Å²) in [6, 6.07) is 7.19. The Hall–Kier alpha value is -1.57. The van der Waals surface area contributed by atoms with Crippen molar-refractivity contribution in [3.63, 3.8) is 0 Å². The van der Waals surface area contributed by atoms with Crippen molar-refractivity contribution in [2.75, 3.05) is 17.7 Å². The van der Waals surface area contributed by atoms with Gasteiger partial charge in [0.15, 0.2) is 5.16 Å². The summed E-state index contributed by atoms with van der Waals surface area (Å²) in [4.78, 5) is 12.3. The smallest absolute Gasteiger partial charge is 0.234 e. The summed E-state index contributed by atoms with van der Waals surface area (Å²) in [7, 11) is 0. The number of thioether (sulfide) groups is 1. The fourth-order valence-corrected chi connectivity index (χ4v) is 3.81. The first kappa shape index (κ1) is 19.2. The molecule has 8 heteroatoms. The minimum Gasteiger partial charge on any atom is -0.376 e. The fourth-order valence-electron chi connectivity index (χ4n) is 2.88. The number of benzene rings is 1. The van der Waals surface area contributed by atoms with E-state index in [9.17, 15) is 4.79 Å². The van der Waals surface area contributed by atoms with Gasteiger partial charge < -0.3 is 14.6 Å². The molecule has 1 aliphatic heterocycles. The molecule has 1 fully saturated rings. The molecule has 0 radical (unpaired) electrons. The van der Waals surface area contributed by atoms with Crippen LogP contribution in [0, 0.1) is 0 Å². The highest BCUT2D eigenvalue weighted by atomic mass is 35.5. The van der Waals surface area contributed by atoms with Crippen molar-refractivity contribution in [2.24, 2.45) is 0 Å². The number of amides is 1. The zero-order valence-corrected chi connectivity index (χ0v) is 16.5. The number of rotatable bonds is 7. The summed E-state index contributed by atoms with van der Waals surface area (Å²) in [5.41, 5.74) is 0.614. The van der Waals surface area contributed by atoms with Crippen LogP contribution in [-0.4, -0.2) is 39.1 Å². The molecule has 1 unspecified atom stereocenters. The van der Waals surface area contributed by atoms with Crippen molar-refractivity contribution in [3.8, 4) is 0 Å². The lowest BCUT2D eigenvalue weighted by Gasteiger charge is -2.16. The Morgan fingerprint density at radius 1 is 1.42 bits per heavy atom.